The normalized spacial score (nSPS) is 6.90. The lowest BCUT2D eigenvalue weighted by molar-refractivity contribution is 1.11. The van der Waals surface area contributed by atoms with Gasteiger partial charge in [0.15, 0.2) is 11.9 Å². The van der Waals surface area contributed by atoms with Gasteiger partial charge in [0.2, 0.25) is 0 Å². The number of nitrogens with two attached hydrogens (primary N) is 4. The van der Waals surface area contributed by atoms with Gasteiger partial charge in [-0.15, -0.1) is 0 Å². The average molecular weight is 146 g/mol. The minimum Gasteiger partial charge on any atom is -0.370 e. The molecule has 0 rings (SSSR count). The molecule has 60 valence electrons. The highest BCUT2D eigenvalue weighted by molar-refractivity contribution is 5.75. The van der Waals surface area contributed by atoms with Crippen LogP contribution in [0.25, 0.3) is 0 Å². The Morgan fingerprint density at radius 3 is 1.60 bits per heavy atom. The topological polar surface area (TPSA) is 140 Å². The Labute approximate surface area is 59.8 Å². The summed E-state index contributed by atoms with van der Waals surface area (Å²) < 4.78 is 0. The first-order chi connectivity index (χ1) is 4.50. The van der Waals surface area contributed by atoms with Gasteiger partial charge < -0.3 is 22.9 Å². The molecule has 6 heteroatoms. The first-order valence-electron chi connectivity index (χ1n) is 2.65. The maximum absolute atomic E-state index is 6.06. The summed E-state index contributed by atoms with van der Waals surface area (Å²) in [6.07, 6.45) is 0. The standard InChI is InChI=1S/C3H9N3.CH5N3/c1-2-6-3(4)5;2-1(3)4/h2H2,1H3,(H4,4,5,6);(H5,2,3,4). The van der Waals surface area contributed by atoms with Crippen LogP contribution in [0.2, 0.25) is 0 Å². The molecule has 0 aromatic heterocycles. The van der Waals surface area contributed by atoms with E-state index in [0.717, 1.165) is 0 Å². The van der Waals surface area contributed by atoms with Crippen molar-refractivity contribution in [3.05, 3.63) is 0 Å². The predicted octanol–water partition coefficient (Wildman–Crippen LogP) is -1.88. The summed E-state index contributed by atoms with van der Waals surface area (Å²) in [5.74, 6) is -0.169. The fraction of sp³-hybridized carbons (Fsp3) is 0.500. The number of nitrogens with one attached hydrogen (secondary N) is 1. The molecule has 0 aromatic carbocycles. The van der Waals surface area contributed by atoms with Crippen LogP contribution in [-0.4, -0.2) is 18.5 Å². The second kappa shape index (κ2) is 7.54. The van der Waals surface area contributed by atoms with E-state index in [9.17, 15) is 0 Å². The van der Waals surface area contributed by atoms with Crippen molar-refractivity contribution in [3.8, 4) is 0 Å². The number of aliphatic imine (C=N–C) groups is 1. The van der Waals surface area contributed by atoms with Crippen LogP contribution in [0.1, 0.15) is 6.92 Å². The van der Waals surface area contributed by atoms with E-state index < -0.39 is 0 Å². The zero-order chi connectivity index (χ0) is 8.57. The number of nitrogens with zero attached hydrogens (tertiary/aromatic N) is 1. The lowest BCUT2D eigenvalue weighted by atomic mass is 10.8. The third kappa shape index (κ3) is 84.6. The van der Waals surface area contributed by atoms with Crippen LogP contribution in [0.15, 0.2) is 4.99 Å². The van der Waals surface area contributed by atoms with Crippen LogP contribution in [0.3, 0.4) is 0 Å². The van der Waals surface area contributed by atoms with E-state index in [-0.39, 0.29) is 11.9 Å². The molecule has 0 heterocycles. The van der Waals surface area contributed by atoms with Crippen LogP contribution < -0.4 is 22.9 Å². The molecule has 6 nitrogen and oxygen atoms in total. The lowest BCUT2D eigenvalue weighted by Crippen LogP contribution is -2.22. The van der Waals surface area contributed by atoms with Gasteiger partial charge in [0.1, 0.15) is 0 Å². The van der Waals surface area contributed by atoms with Crippen LogP contribution in [-0.2, 0) is 0 Å². The Kier molecular flexibility index (Phi) is 8.56. The fourth-order valence-electron chi connectivity index (χ4n) is 0.183. The van der Waals surface area contributed by atoms with Crippen molar-refractivity contribution in [2.45, 2.75) is 6.92 Å². The van der Waals surface area contributed by atoms with E-state index in [1.54, 1.807) is 0 Å². The molecule has 0 radical (unpaired) electrons. The smallest absolute Gasteiger partial charge is 0.185 e. The number of hydrogen-bond donors (Lipinski definition) is 5. The van der Waals surface area contributed by atoms with Crippen molar-refractivity contribution in [2.75, 3.05) is 6.54 Å². The van der Waals surface area contributed by atoms with Crippen molar-refractivity contribution in [2.24, 2.45) is 27.9 Å². The number of hydrogen-bond acceptors (Lipinski definition) is 2. The summed E-state index contributed by atoms with van der Waals surface area (Å²) >= 11 is 0. The molecule has 0 aliphatic rings. The molecule has 9 N–H and O–H groups in total. The molecule has 0 unspecified atom stereocenters. The van der Waals surface area contributed by atoms with Gasteiger partial charge in [0, 0.05) is 6.54 Å². The molecule has 0 saturated heterocycles. The maximum atomic E-state index is 6.06. The first kappa shape index (κ1) is 11.4. The molecule has 0 bridgehead atoms. The Hall–Kier alpha value is -1.46. The highest BCUT2D eigenvalue weighted by atomic mass is 15.0. The van der Waals surface area contributed by atoms with E-state index >= 15 is 0 Å². The Balaban J connectivity index is 0. The molecular weight excluding hydrogens is 132 g/mol. The molecule has 0 aliphatic carbocycles. The molecular formula is C4H14N6. The summed E-state index contributed by atoms with van der Waals surface area (Å²) in [5, 5.41) is 6.06. The SMILES string of the molecule is CCN=C(N)N.N=C(N)N. The molecule has 0 fully saturated rings. The third-order valence-corrected chi connectivity index (χ3v) is 0.341. The van der Waals surface area contributed by atoms with E-state index in [2.05, 4.69) is 16.5 Å². The van der Waals surface area contributed by atoms with Gasteiger partial charge in [0.05, 0.1) is 0 Å². The molecule has 0 aliphatic heterocycles. The van der Waals surface area contributed by atoms with Gasteiger partial charge in [-0.1, -0.05) is 0 Å². The molecule has 0 saturated carbocycles. The zero-order valence-electron chi connectivity index (χ0n) is 5.96. The molecule has 0 atom stereocenters. The Morgan fingerprint density at radius 2 is 1.60 bits per heavy atom. The summed E-state index contributed by atoms with van der Waals surface area (Å²) in [4.78, 5) is 3.60. The summed E-state index contributed by atoms with van der Waals surface area (Å²) in [6.45, 7) is 2.54. The number of rotatable bonds is 1. The van der Waals surface area contributed by atoms with Gasteiger partial charge in [-0.05, 0) is 6.92 Å². The van der Waals surface area contributed by atoms with Crippen LogP contribution in [0.5, 0.6) is 0 Å². The van der Waals surface area contributed by atoms with E-state index in [1.807, 2.05) is 6.92 Å². The van der Waals surface area contributed by atoms with Gasteiger partial charge in [-0.25, -0.2) is 0 Å². The fourth-order valence-corrected chi connectivity index (χ4v) is 0.183. The van der Waals surface area contributed by atoms with Crippen molar-refractivity contribution in [1.29, 1.82) is 5.41 Å². The average Bonchev–Trinajstić information content (AvgIpc) is 1.62. The van der Waals surface area contributed by atoms with E-state index in [1.165, 1.54) is 0 Å². The Bertz CT molecular complexity index is 109. The first-order valence-corrected chi connectivity index (χ1v) is 2.65. The van der Waals surface area contributed by atoms with E-state index in [0.29, 0.717) is 6.54 Å². The second-order valence-corrected chi connectivity index (χ2v) is 1.35. The summed E-state index contributed by atoms with van der Waals surface area (Å²) in [5.41, 5.74) is 18.8. The van der Waals surface area contributed by atoms with Gasteiger partial charge in [-0.2, -0.15) is 0 Å². The van der Waals surface area contributed by atoms with Crippen molar-refractivity contribution in [3.63, 3.8) is 0 Å². The van der Waals surface area contributed by atoms with Crippen LogP contribution in [0.4, 0.5) is 0 Å². The summed E-state index contributed by atoms with van der Waals surface area (Å²) in [6, 6.07) is 0. The molecule has 10 heavy (non-hydrogen) atoms. The van der Waals surface area contributed by atoms with Gasteiger partial charge >= 0.3 is 0 Å². The minimum absolute atomic E-state index is 0.164. The monoisotopic (exact) mass is 146 g/mol. The molecule has 0 aromatic rings. The predicted molar refractivity (Wildman–Crippen MR) is 42.5 cm³/mol. The van der Waals surface area contributed by atoms with Gasteiger partial charge in [-0.3, -0.25) is 10.4 Å². The quantitative estimate of drug-likeness (QED) is 0.218. The lowest BCUT2D eigenvalue weighted by Gasteiger charge is -1.82. The number of guanidine groups is 2. The highest BCUT2D eigenvalue weighted by Gasteiger charge is 1.68. The van der Waals surface area contributed by atoms with Crippen LogP contribution in [0, 0.1) is 5.41 Å². The zero-order valence-corrected chi connectivity index (χ0v) is 5.96. The van der Waals surface area contributed by atoms with Gasteiger partial charge in [0.25, 0.3) is 0 Å². The molecule has 0 spiro atoms. The second-order valence-electron chi connectivity index (χ2n) is 1.35. The largest absolute Gasteiger partial charge is 0.370 e. The third-order valence-electron chi connectivity index (χ3n) is 0.341. The van der Waals surface area contributed by atoms with E-state index in [4.69, 9.17) is 16.9 Å². The molecule has 0 amide bonds. The van der Waals surface area contributed by atoms with Crippen molar-refractivity contribution in [1.82, 2.24) is 0 Å². The maximum Gasteiger partial charge on any atom is 0.185 e. The highest BCUT2D eigenvalue weighted by Crippen LogP contribution is 1.58. The van der Waals surface area contributed by atoms with Crippen LogP contribution >= 0.6 is 0 Å². The minimum atomic E-state index is -0.333. The Morgan fingerprint density at radius 1 is 1.30 bits per heavy atom. The summed E-state index contributed by atoms with van der Waals surface area (Å²) in [7, 11) is 0. The van der Waals surface area contributed by atoms with Crippen molar-refractivity contribution < 1.29 is 0 Å². The van der Waals surface area contributed by atoms with Crippen molar-refractivity contribution >= 4 is 11.9 Å².